The Kier molecular flexibility index (Phi) is 3.17. The Morgan fingerprint density at radius 1 is 1.29 bits per heavy atom. The van der Waals surface area contributed by atoms with Gasteiger partial charge in [-0.25, -0.2) is 9.67 Å². The summed E-state index contributed by atoms with van der Waals surface area (Å²) in [6, 6.07) is 4.14. The van der Waals surface area contributed by atoms with Gasteiger partial charge >= 0.3 is 0 Å². The second-order valence-electron chi connectivity index (χ2n) is 5.54. The van der Waals surface area contributed by atoms with Crippen molar-refractivity contribution in [2.75, 3.05) is 12.3 Å². The number of nitrogen functional groups attached to an aromatic ring is 1. The molecule has 0 atom stereocenters. The molecule has 110 valence electrons. The van der Waals surface area contributed by atoms with Crippen LogP contribution in [-0.4, -0.2) is 31.8 Å². The molecule has 21 heavy (non-hydrogen) atoms. The molecule has 8 heteroatoms. The minimum atomic E-state index is 0.446. The third kappa shape index (κ3) is 2.94. The quantitative estimate of drug-likeness (QED) is 0.871. The van der Waals surface area contributed by atoms with Crippen LogP contribution in [0.15, 0.2) is 22.3 Å². The van der Waals surface area contributed by atoms with E-state index in [4.69, 9.17) is 10.5 Å². The first-order chi connectivity index (χ1) is 10.3. The van der Waals surface area contributed by atoms with E-state index in [-0.39, 0.29) is 0 Å². The highest BCUT2D eigenvalue weighted by molar-refractivity contribution is 7.99. The van der Waals surface area contributed by atoms with Crippen LogP contribution in [-0.2, 0) is 0 Å². The standard InChI is InChI=1S/C13H16N6OS/c14-10-5-6-11(15-12(10)20-7-8-1-2-8)21-13-16-17-18-19(13)9-3-4-9/h5-6,8-9H,1-4,7,14H2. The zero-order valence-corrected chi connectivity index (χ0v) is 12.3. The highest BCUT2D eigenvalue weighted by atomic mass is 32.2. The first kappa shape index (κ1) is 12.9. The van der Waals surface area contributed by atoms with Crippen LogP contribution in [0.25, 0.3) is 0 Å². The van der Waals surface area contributed by atoms with Crippen molar-refractivity contribution in [3.63, 3.8) is 0 Å². The number of nitrogens with zero attached hydrogens (tertiary/aromatic N) is 5. The maximum absolute atomic E-state index is 5.92. The number of hydrogen-bond donors (Lipinski definition) is 1. The molecule has 0 spiro atoms. The zero-order valence-electron chi connectivity index (χ0n) is 11.5. The van der Waals surface area contributed by atoms with E-state index in [0.717, 1.165) is 23.0 Å². The lowest BCUT2D eigenvalue weighted by atomic mass is 10.4. The first-order valence-electron chi connectivity index (χ1n) is 7.14. The summed E-state index contributed by atoms with van der Waals surface area (Å²) in [6.07, 6.45) is 4.77. The first-order valence-corrected chi connectivity index (χ1v) is 7.96. The van der Waals surface area contributed by atoms with Crippen molar-refractivity contribution in [2.24, 2.45) is 5.92 Å². The van der Waals surface area contributed by atoms with E-state index in [1.807, 2.05) is 16.8 Å². The van der Waals surface area contributed by atoms with Crippen LogP contribution in [0.2, 0.25) is 0 Å². The summed E-state index contributed by atoms with van der Waals surface area (Å²) >= 11 is 1.44. The van der Waals surface area contributed by atoms with Crippen molar-refractivity contribution in [3.8, 4) is 5.88 Å². The monoisotopic (exact) mass is 304 g/mol. The van der Waals surface area contributed by atoms with E-state index in [1.54, 1.807) is 0 Å². The van der Waals surface area contributed by atoms with Crippen molar-refractivity contribution < 1.29 is 4.74 Å². The molecule has 0 saturated heterocycles. The number of nitrogens with two attached hydrogens (primary N) is 1. The van der Waals surface area contributed by atoms with Crippen molar-refractivity contribution >= 4 is 17.4 Å². The van der Waals surface area contributed by atoms with Crippen LogP contribution in [0, 0.1) is 5.92 Å². The molecule has 0 unspecified atom stereocenters. The smallest absolute Gasteiger partial charge is 0.238 e. The summed E-state index contributed by atoms with van der Waals surface area (Å²) in [6.45, 7) is 0.700. The van der Waals surface area contributed by atoms with Crippen molar-refractivity contribution in [1.29, 1.82) is 0 Å². The van der Waals surface area contributed by atoms with E-state index >= 15 is 0 Å². The average molecular weight is 304 g/mol. The maximum Gasteiger partial charge on any atom is 0.238 e. The van der Waals surface area contributed by atoms with Crippen LogP contribution < -0.4 is 10.5 Å². The van der Waals surface area contributed by atoms with Gasteiger partial charge in [0.1, 0.15) is 5.03 Å². The Labute approximate surface area is 126 Å². The number of pyridine rings is 1. The van der Waals surface area contributed by atoms with Crippen molar-refractivity contribution in [3.05, 3.63) is 12.1 Å². The Hall–Kier alpha value is -1.83. The van der Waals surface area contributed by atoms with Crippen molar-refractivity contribution in [2.45, 2.75) is 41.9 Å². The largest absolute Gasteiger partial charge is 0.476 e. The fourth-order valence-corrected chi connectivity index (χ4v) is 2.79. The molecule has 0 amide bonds. The highest BCUT2D eigenvalue weighted by Gasteiger charge is 2.28. The van der Waals surface area contributed by atoms with Gasteiger partial charge in [-0.3, -0.25) is 0 Å². The number of rotatable bonds is 6. The minimum Gasteiger partial charge on any atom is -0.476 e. The third-order valence-electron chi connectivity index (χ3n) is 3.57. The second kappa shape index (κ2) is 5.18. The molecule has 2 aliphatic rings. The lowest BCUT2D eigenvalue weighted by Gasteiger charge is -2.08. The normalized spacial score (nSPS) is 17.9. The van der Waals surface area contributed by atoms with Gasteiger partial charge in [-0.05, 0) is 65.9 Å². The molecule has 0 bridgehead atoms. The molecule has 4 rings (SSSR count). The molecule has 0 aromatic carbocycles. The molecule has 2 fully saturated rings. The summed E-state index contributed by atoms with van der Waals surface area (Å²) in [5.41, 5.74) is 6.49. The van der Waals surface area contributed by atoms with Crippen LogP contribution in [0.5, 0.6) is 5.88 Å². The van der Waals surface area contributed by atoms with Gasteiger partial charge in [0.05, 0.1) is 18.3 Å². The molecule has 7 nitrogen and oxygen atoms in total. The molecule has 2 aromatic rings. The van der Waals surface area contributed by atoms with Gasteiger partial charge in [0.25, 0.3) is 0 Å². The van der Waals surface area contributed by atoms with E-state index in [9.17, 15) is 0 Å². The Bertz CT molecular complexity index is 652. The fourth-order valence-electron chi connectivity index (χ4n) is 1.98. The van der Waals surface area contributed by atoms with Crippen LogP contribution in [0.4, 0.5) is 5.69 Å². The summed E-state index contributed by atoms with van der Waals surface area (Å²) in [5.74, 6) is 1.18. The molecule has 2 heterocycles. The minimum absolute atomic E-state index is 0.446. The average Bonchev–Trinajstić information content (AvgIpc) is 3.40. The molecule has 2 N–H and O–H groups in total. The number of ether oxygens (including phenoxy) is 1. The molecule has 0 radical (unpaired) electrons. The van der Waals surface area contributed by atoms with Gasteiger partial charge < -0.3 is 10.5 Å². The van der Waals surface area contributed by atoms with Crippen LogP contribution in [0.1, 0.15) is 31.7 Å². The third-order valence-corrected chi connectivity index (χ3v) is 4.46. The Morgan fingerprint density at radius 3 is 2.90 bits per heavy atom. The van der Waals surface area contributed by atoms with Gasteiger partial charge in [0.15, 0.2) is 0 Å². The molecular formula is C13H16N6OS. The predicted molar refractivity (Wildman–Crippen MR) is 77.1 cm³/mol. The summed E-state index contributed by atoms with van der Waals surface area (Å²) in [5, 5.41) is 13.4. The van der Waals surface area contributed by atoms with E-state index in [0.29, 0.717) is 30.1 Å². The van der Waals surface area contributed by atoms with Crippen LogP contribution in [0.3, 0.4) is 0 Å². The lowest BCUT2D eigenvalue weighted by molar-refractivity contribution is 0.288. The molecule has 0 aliphatic heterocycles. The van der Waals surface area contributed by atoms with Gasteiger partial charge in [-0.1, -0.05) is 0 Å². The van der Waals surface area contributed by atoms with E-state index < -0.39 is 0 Å². The molecule has 2 aromatic heterocycles. The molecule has 2 aliphatic carbocycles. The number of hydrogen-bond acceptors (Lipinski definition) is 7. The second-order valence-corrected chi connectivity index (χ2v) is 6.53. The van der Waals surface area contributed by atoms with Gasteiger partial charge in [-0.15, -0.1) is 5.10 Å². The topological polar surface area (TPSA) is 91.7 Å². The zero-order chi connectivity index (χ0) is 14.2. The number of tetrazole rings is 1. The van der Waals surface area contributed by atoms with Gasteiger partial charge in [0, 0.05) is 0 Å². The highest BCUT2D eigenvalue weighted by Crippen LogP contribution is 2.38. The Morgan fingerprint density at radius 2 is 2.14 bits per heavy atom. The SMILES string of the molecule is Nc1ccc(Sc2nnnn2C2CC2)nc1OCC1CC1. The summed E-state index contributed by atoms with van der Waals surface area (Å²) in [7, 11) is 0. The molecule has 2 saturated carbocycles. The van der Waals surface area contributed by atoms with Gasteiger partial charge in [0.2, 0.25) is 11.0 Å². The maximum atomic E-state index is 5.92. The van der Waals surface area contributed by atoms with Crippen molar-refractivity contribution in [1.82, 2.24) is 25.2 Å². The van der Waals surface area contributed by atoms with Crippen LogP contribution >= 0.6 is 11.8 Å². The number of anilines is 1. The summed E-state index contributed by atoms with van der Waals surface area (Å²) in [4.78, 5) is 4.47. The Balaban J connectivity index is 1.50. The molecular weight excluding hydrogens is 288 g/mol. The van der Waals surface area contributed by atoms with E-state index in [1.165, 1.54) is 24.6 Å². The van der Waals surface area contributed by atoms with Gasteiger partial charge in [-0.2, -0.15) is 0 Å². The predicted octanol–water partition coefficient (Wildman–Crippen LogP) is 1.93. The number of aromatic nitrogens is 5. The summed E-state index contributed by atoms with van der Waals surface area (Å²) < 4.78 is 7.57. The van der Waals surface area contributed by atoms with E-state index in [2.05, 4.69) is 20.5 Å². The lowest BCUT2D eigenvalue weighted by Crippen LogP contribution is -2.04. The fraction of sp³-hybridized carbons (Fsp3) is 0.538.